The van der Waals surface area contributed by atoms with Crippen LogP contribution in [0.15, 0.2) is 48.7 Å². The molecule has 2 aromatic rings. The van der Waals surface area contributed by atoms with Crippen molar-refractivity contribution in [3.05, 3.63) is 59.9 Å². The third-order valence-corrected chi connectivity index (χ3v) is 6.12. The van der Waals surface area contributed by atoms with Crippen LogP contribution in [-0.4, -0.2) is 46.0 Å². The largest absolute Gasteiger partial charge is 0.497 e. The number of rotatable bonds is 7. The normalized spacial score (nSPS) is 18.7. The van der Waals surface area contributed by atoms with E-state index in [4.69, 9.17) is 4.74 Å². The monoisotopic (exact) mass is 413 g/mol. The number of aromatic nitrogens is 1. The lowest BCUT2D eigenvalue weighted by Gasteiger charge is -2.30. The molecule has 1 N–H and O–H groups in total. The van der Waals surface area contributed by atoms with Gasteiger partial charge in [-0.05, 0) is 48.7 Å². The lowest BCUT2D eigenvalue weighted by atomic mass is 10.1. The molecule has 0 radical (unpaired) electrons. The fourth-order valence-corrected chi connectivity index (χ4v) is 4.94. The highest BCUT2D eigenvalue weighted by molar-refractivity contribution is 8.00. The van der Waals surface area contributed by atoms with Gasteiger partial charge in [0, 0.05) is 17.5 Å². The topological polar surface area (TPSA) is 71.5 Å². The van der Waals surface area contributed by atoms with Crippen molar-refractivity contribution in [3.63, 3.8) is 0 Å². The molecule has 0 aliphatic carbocycles. The molecular formula is C22H27N3O3S. The van der Waals surface area contributed by atoms with E-state index in [2.05, 4.69) is 24.1 Å². The summed E-state index contributed by atoms with van der Waals surface area (Å²) in [6.07, 6.45) is 2.54. The molecule has 154 valence electrons. The highest BCUT2D eigenvalue weighted by Crippen LogP contribution is 2.35. The predicted octanol–water partition coefficient (Wildman–Crippen LogP) is 3.34. The van der Waals surface area contributed by atoms with Gasteiger partial charge >= 0.3 is 0 Å². The van der Waals surface area contributed by atoms with E-state index in [1.165, 1.54) is 0 Å². The molecule has 1 aromatic heterocycles. The number of pyridine rings is 1. The van der Waals surface area contributed by atoms with Crippen LogP contribution in [0.25, 0.3) is 0 Å². The van der Waals surface area contributed by atoms with Gasteiger partial charge in [0.15, 0.2) is 0 Å². The van der Waals surface area contributed by atoms with Crippen LogP contribution in [0, 0.1) is 5.92 Å². The van der Waals surface area contributed by atoms with Crippen LogP contribution >= 0.6 is 11.8 Å². The van der Waals surface area contributed by atoms with Gasteiger partial charge in [0.1, 0.15) is 11.8 Å². The Hall–Kier alpha value is -2.54. The maximum Gasteiger partial charge on any atom is 0.255 e. The summed E-state index contributed by atoms with van der Waals surface area (Å²) in [4.78, 5) is 32.2. The zero-order valence-electron chi connectivity index (χ0n) is 17.0. The predicted molar refractivity (Wildman–Crippen MR) is 115 cm³/mol. The summed E-state index contributed by atoms with van der Waals surface area (Å²) < 4.78 is 5.18. The summed E-state index contributed by atoms with van der Waals surface area (Å²) in [5.41, 5.74) is 1.35. The molecule has 0 bridgehead atoms. The molecule has 1 fully saturated rings. The number of amides is 2. The van der Waals surface area contributed by atoms with E-state index >= 15 is 0 Å². The van der Waals surface area contributed by atoms with Crippen molar-refractivity contribution in [2.24, 2.45) is 5.92 Å². The molecule has 1 aromatic carbocycles. The first-order chi connectivity index (χ1) is 14.0. The number of hydrogen-bond donors (Lipinski definition) is 1. The van der Waals surface area contributed by atoms with Crippen LogP contribution in [0.5, 0.6) is 5.75 Å². The number of benzene rings is 1. The third-order valence-electron chi connectivity index (χ3n) is 4.81. The van der Waals surface area contributed by atoms with E-state index < -0.39 is 6.04 Å². The Morgan fingerprint density at radius 3 is 2.62 bits per heavy atom. The molecule has 2 heterocycles. The third kappa shape index (κ3) is 5.29. The number of hydrogen-bond acceptors (Lipinski definition) is 5. The van der Waals surface area contributed by atoms with E-state index in [0.29, 0.717) is 29.5 Å². The lowest BCUT2D eigenvalue weighted by molar-refractivity contribution is -0.125. The molecule has 29 heavy (non-hydrogen) atoms. The minimum Gasteiger partial charge on any atom is -0.497 e. The second kappa shape index (κ2) is 9.78. The Morgan fingerprint density at radius 1 is 1.24 bits per heavy atom. The van der Waals surface area contributed by atoms with Crippen LogP contribution in [0.3, 0.4) is 0 Å². The SMILES string of the molecule is COc1ccc(C(=O)N2C(CC(C)C)SCC2C(=O)NCc2ccccn2)cc1. The van der Waals surface area contributed by atoms with E-state index in [1.54, 1.807) is 54.2 Å². The summed E-state index contributed by atoms with van der Waals surface area (Å²) >= 11 is 1.67. The summed E-state index contributed by atoms with van der Waals surface area (Å²) in [6, 6.07) is 12.1. The summed E-state index contributed by atoms with van der Waals surface area (Å²) in [5, 5.41) is 2.92. The second-order valence-electron chi connectivity index (χ2n) is 7.41. The van der Waals surface area contributed by atoms with E-state index in [-0.39, 0.29) is 17.2 Å². The first-order valence-electron chi connectivity index (χ1n) is 9.75. The number of ether oxygens (including phenoxy) is 1. The van der Waals surface area contributed by atoms with Gasteiger partial charge in [-0.15, -0.1) is 11.8 Å². The molecular weight excluding hydrogens is 386 g/mol. The van der Waals surface area contributed by atoms with E-state index in [1.807, 2.05) is 18.2 Å². The molecule has 1 saturated heterocycles. The van der Waals surface area contributed by atoms with Crippen LogP contribution in [0.1, 0.15) is 36.3 Å². The van der Waals surface area contributed by atoms with E-state index in [0.717, 1.165) is 12.1 Å². The summed E-state index contributed by atoms with van der Waals surface area (Å²) in [6.45, 7) is 4.61. The van der Waals surface area contributed by atoms with Gasteiger partial charge in [-0.3, -0.25) is 14.6 Å². The van der Waals surface area contributed by atoms with Crippen LogP contribution in [0.4, 0.5) is 0 Å². The Morgan fingerprint density at radius 2 is 2.00 bits per heavy atom. The Labute approximate surface area is 176 Å². The highest BCUT2D eigenvalue weighted by atomic mass is 32.2. The maximum atomic E-state index is 13.3. The Balaban J connectivity index is 1.76. The van der Waals surface area contributed by atoms with Crippen LogP contribution in [-0.2, 0) is 11.3 Å². The molecule has 7 heteroatoms. The smallest absolute Gasteiger partial charge is 0.255 e. The van der Waals surface area contributed by atoms with Gasteiger partial charge in [-0.1, -0.05) is 19.9 Å². The minimum atomic E-state index is -0.498. The molecule has 3 rings (SSSR count). The van der Waals surface area contributed by atoms with Crippen molar-refractivity contribution in [3.8, 4) is 5.75 Å². The highest BCUT2D eigenvalue weighted by Gasteiger charge is 2.41. The molecule has 0 spiro atoms. The first-order valence-corrected chi connectivity index (χ1v) is 10.8. The van der Waals surface area contributed by atoms with Crippen LogP contribution in [0.2, 0.25) is 0 Å². The molecule has 6 nitrogen and oxygen atoms in total. The lowest BCUT2D eigenvalue weighted by Crippen LogP contribution is -2.50. The first kappa shape index (κ1) is 21.2. The van der Waals surface area contributed by atoms with Crippen molar-refractivity contribution < 1.29 is 14.3 Å². The van der Waals surface area contributed by atoms with Gasteiger partial charge in [-0.2, -0.15) is 0 Å². The number of thioether (sulfide) groups is 1. The number of carbonyl (C=O) groups is 2. The number of nitrogens with zero attached hydrogens (tertiary/aromatic N) is 2. The quantitative estimate of drug-likeness (QED) is 0.754. The van der Waals surface area contributed by atoms with Gasteiger partial charge in [0.25, 0.3) is 5.91 Å². The molecule has 0 saturated carbocycles. The van der Waals surface area contributed by atoms with Gasteiger partial charge in [0.05, 0.1) is 24.7 Å². The number of methoxy groups -OCH3 is 1. The van der Waals surface area contributed by atoms with Crippen molar-refractivity contribution in [1.82, 2.24) is 15.2 Å². The standard InChI is InChI=1S/C22H27N3O3S/c1-15(2)12-20-25(22(27)16-7-9-18(28-3)10-8-16)19(14-29-20)21(26)24-13-17-6-4-5-11-23-17/h4-11,15,19-20H,12-14H2,1-3H3,(H,24,26). The molecule has 1 aliphatic heterocycles. The van der Waals surface area contributed by atoms with Crippen molar-refractivity contribution in [1.29, 1.82) is 0 Å². The molecule has 2 amide bonds. The van der Waals surface area contributed by atoms with E-state index in [9.17, 15) is 9.59 Å². The second-order valence-corrected chi connectivity index (χ2v) is 8.62. The van der Waals surface area contributed by atoms with Crippen molar-refractivity contribution >= 4 is 23.6 Å². The van der Waals surface area contributed by atoms with Crippen molar-refractivity contribution in [2.75, 3.05) is 12.9 Å². The average molecular weight is 414 g/mol. The molecule has 2 atom stereocenters. The number of carbonyl (C=O) groups excluding carboxylic acids is 2. The fourth-order valence-electron chi connectivity index (χ4n) is 3.30. The van der Waals surface area contributed by atoms with Crippen molar-refractivity contribution in [2.45, 2.75) is 38.2 Å². The number of nitrogens with one attached hydrogen (secondary N) is 1. The molecule has 1 aliphatic rings. The fraction of sp³-hybridized carbons (Fsp3) is 0.409. The average Bonchev–Trinajstić information content (AvgIpc) is 3.15. The zero-order valence-corrected chi connectivity index (χ0v) is 17.8. The zero-order chi connectivity index (χ0) is 20.8. The maximum absolute atomic E-state index is 13.3. The van der Waals surface area contributed by atoms with Gasteiger partial charge in [0.2, 0.25) is 5.91 Å². The van der Waals surface area contributed by atoms with Gasteiger partial charge < -0.3 is 15.0 Å². The van der Waals surface area contributed by atoms with Crippen LogP contribution < -0.4 is 10.1 Å². The minimum absolute atomic E-state index is 0.0183. The Kier molecular flexibility index (Phi) is 7.14. The summed E-state index contributed by atoms with van der Waals surface area (Å²) in [7, 11) is 1.59. The van der Waals surface area contributed by atoms with Gasteiger partial charge in [-0.25, -0.2) is 0 Å². The summed E-state index contributed by atoms with van der Waals surface area (Å²) in [5.74, 6) is 1.44. The Bertz CT molecular complexity index is 827. The molecule has 2 unspecified atom stereocenters.